The minimum Gasteiger partial charge on any atom is -0.497 e. The number of benzene rings is 2. The van der Waals surface area contributed by atoms with Crippen molar-refractivity contribution < 1.29 is 37.3 Å². The molecule has 11 heteroatoms. The number of ether oxygens (including phenoxy) is 2. The minimum atomic E-state index is -4.62. The molecule has 3 fully saturated rings. The summed E-state index contributed by atoms with van der Waals surface area (Å²) in [5.41, 5.74) is -0.547. The monoisotopic (exact) mass is 575 g/mol. The fraction of sp³-hybridized carbons (Fsp3) is 0.533. The van der Waals surface area contributed by atoms with E-state index < -0.39 is 23.3 Å². The smallest absolute Gasteiger partial charge is 0.418 e. The Morgan fingerprint density at radius 3 is 2.15 bits per heavy atom. The summed E-state index contributed by atoms with van der Waals surface area (Å²) in [5, 5.41) is 11.2. The van der Waals surface area contributed by atoms with Crippen LogP contribution in [0.15, 0.2) is 48.5 Å². The number of likely N-dealkylation sites (N-methyl/N-ethyl adjacent to an activating group) is 1. The third-order valence-electron chi connectivity index (χ3n) is 8.82. The number of β-amino-alcohol motifs (C(OH)–C–C–N with tert-alkyl or cyclic N) is 1. The highest BCUT2D eigenvalue weighted by molar-refractivity contribution is 6.00. The number of alkyl halides is 3. The van der Waals surface area contributed by atoms with Gasteiger partial charge < -0.3 is 29.3 Å². The first kappa shape index (κ1) is 29.2. The molecule has 2 aromatic carbocycles. The van der Waals surface area contributed by atoms with E-state index in [1.807, 2.05) is 0 Å². The topological polar surface area (TPSA) is 82.6 Å². The Kier molecular flexibility index (Phi) is 7.95. The zero-order valence-corrected chi connectivity index (χ0v) is 23.3. The van der Waals surface area contributed by atoms with Crippen molar-refractivity contribution >= 4 is 17.6 Å². The van der Waals surface area contributed by atoms with Crippen LogP contribution >= 0.6 is 0 Å². The first-order chi connectivity index (χ1) is 19.4. The van der Waals surface area contributed by atoms with Crippen LogP contribution in [0.1, 0.15) is 49.3 Å². The maximum Gasteiger partial charge on any atom is 0.418 e. The Balaban J connectivity index is 1.22. The third-order valence-corrected chi connectivity index (χ3v) is 8.82. The highest BCUT2D eigenvalue weighted by atomic mass is 19.4. The Morgan fingerprint density at radius 1 is 0.927 bits per heavy atom. The maximum atomic E-state index is 13.9. The fourth-order valence-corrected chi connectivity index (χ4v) is 6.20. The van der Waals surface area contributed by atoms with Crippen molar-refractivity contribution in [3.8, 4) is 5.75 Å². The summed E-state index contributed by atoms with van der Waals surface area (Å²) in [4.78, 5) is 30.8. The molecule has 8 nitrogen and oxygen atoms in total. The van der Waals surface area contributed by atoms with E-state index in [0.29, 0.717) is 68.7 Å². The van der Waals surface area contributed by atoms with Crippen molar-refractivity contribution in [2.45, 2.75) is 56.6 Å². The number of carbonyl (C=O) groups is 2. The molecule has 0 bridgehead atoms. The highest BCUT2D eigenvalue weighted by Gasteiger charge is 2.52. The molecule has 2 aromatic rings. The van der Waals surface area contributed by atoms with Crippen molar-refractivity contribution in [1.82, 2.24) is 9.80 Å². The molecule has 0 aromatic heterocycles. The molecule has 0 radical (unpaired) electrons. The second-order valence-corrected chi connectivity index (χ2v) is 11.5. The molecule has 41 heavy (non-hydrogen) atoms. The van der Waals surface area contributed by atoms with Crippen molar-refractivity contribution in [3.63, 3.8) is 0 Å². The number of rotatable bonds is 8. The van der Waals surface area contributed by atoms with Crippen LogP contribution in [0.5, 0.6) is 5.75 Å². The number of anilines is 1. The molecular weight excluding hydrogens is 539 g/mol. The maximum absolute atomic E-state index is 13.9. The highest BCUT2D eigenvalue weighted by Crippen LogP contribution is 2.49. The molecule has 2 aliphatic heterocycles. The molecule has 1 spiro atoms. The number of hydrogen-bond acceptors (Lipinski definition) is 5. The van der Waals surface area contributed by atoms with Gasteiger partial charge in [-0.1, -0.05) is 24.3 Å². The zero-order valence-electron chi connectivity index (χ0n) is 23.3. The van der Waals surface area contributed by atoms with Gasteiger partial charge in [-0.3, -0.25) is 4.79 Å². The van der Waals surface area contributed by atoms with Crippen LogP contribution in [-0.2, 0) is 16.1 Å². The van der Waals surface area contributed by atoms with Crippen LogP contribution in [0.25, 0.3) is 0 Å². The minimum absolute atomic E-state index is 0.0408. The van der Waals surface area contributed by atoms with E-state index >= 15 is 0 Å². The Bertz CT molecular complexity index is 1240. The molecule has 5 rings (SSSR count). The number of aliphatic hydroxyl groups is 1. The van der Waals surface area contributed by atoms with Crippen LogP contribution in [0.2, 0.25) is 0 Å². The predicted molar refractivity (Wildman–Crippen MR) is 145 cm³/mol. The van der Waals surface area contributed by atoms with Crippen LogP contribution in [0, 0.1) is 5.41 Å². The van der Waals surface area contributed by atoms with Gasteiger partial charge in [0.1, 0.15) is 5.75 Å². The second kappa shape index (κ2) is 11.2. The molecule has 1 aliphatic carbocycles. The van der Waals surface area contributed by atoms with E-state index in [4.69, 9.17) is 9.47 Å². The quantitative estimate of drug-likeness (QED) is 0.484. The number of halogens is 3. The lowest BCUT2D eigenvalue weighted by Gasteiger charge is -2.42. The van der Waals surface area contributed by atoms with Crippen LogP contribution in [0.4, 0.5) is 23.7 Å². The number of amides is 3. The first-order valence-corrected chi connectivity index (χ1v) is 13.9. The number of urea groups is 1. The summed E-state index contributed by atoms with van der Waals surface area (Å²) in [5.74, 6) is 0.540. The molecular formula is C30H36F3N3O5. The van der Waals surface area contributed by atoms with E-state index in [9.17, 15) is 27.9 Å². The average Bonchev–Trinajstić information content (AvgIpc) is 3.44. The molecule has 3 aliphatic rings. The van der Waals surface area contributed by atoms with Crippen LogP contribution in [-0.4, -0.2) is 79.0 Å². The number of carbonyl (C=O) groups excluding carboxylic acids is 2. The van der Waals surface area contributed by atoms with E-state index in [-0.39, 0.29) is 30.7 Å². The molecule has 1 N–H and O–H groups in total. The molecule has 2 saturated heterocycles. The van der Waals surface area contributed by atoms with Crippen molar-refractivity contribution in [2.24, 2.45) is 5.41 Å². The summed E-state index contributed by atoms with van der Waals surface area (Å²) in [6.07, 6.45) is -4.28. The second-order valence-electron chi connectivity index (χ2n) is 11.5. The van der Waals surface area contributed by atoms with Gasteiger partial charge in [0, 0.05) is 32.4 Å². The Hall–Kier alpha value is -3.31. The van der Waals surface area contributed by atoms with Gasteiger partial charge in [-0.25, -0.2) is 4.79 Å². The van der Waals surface area contributed by atoms with Crippen molar-refractivity contribution in [3.05, 3.63) is 59.7 Å². The van der Waals surface area contributed by atoms with Gasteiger partial charge in [-0.15, -0.1) is 0 Å². The number of nitrogens with zero attached hydrogens (tertiary/aromatic N) is 3. The van der Waals surface area contributed by atoms with Crippen molar-refractivity contribution in [2.75, 3.05) is 45.2 Å². The standard InChI is InChI=1S/C30H36F3N3O5/c1-34-17-18-35(27(34)38)20-29(39)13-11-28(12-14-29)15-16-36(26(28)37)23-7-5-22(6-8-23)25(30(31,32)33)41-19-21-3-9-24(40-2)10-4-21/h3-10,25,39H,11-20H2,1-2H3/t25-,28?,29?/m1/s1. The SMILES string of the molecule is COc1ccc(CO[C@H](c2ccc(N3CCC4(CCC(O)(CN5CCN(C)C5=O)CC4)C3=O)cc2)C(F)(F)F)cc1. The lowest BCUT2D eigenvalue weighted by molar-refractivity contribution is -0.227. The molecule has 0 unspecified atom stereocenters. The molecule has 222 valence electrons. The largest absolute Gasteiger partial charge is 0.497 e. The molecule has 1 atom stereocenters. The van der Waals surface area contributed by atoms with Gasteiger partial charge in [0.2, 0.25) is 5.91 Å². The van der Waals surface area contributed by atoms with E-state index in [1.54, 1.807) is 46.0 Å². The van der Waals surface area contributed by atoms with Crippen molar-refractivity contribution in [1.29, 1.82) is 0 Å². The van der Waals surface area contributed by atoms with Gasteiger partial charge in [0.15, 0.2) is 6.10 Å². The zero-order chi connectivity index (χ0) is 29.4. The first-order valence-electron chi connectivity index (χ1n) is 13.9. The Labute approximate surface area is 237 Å². The van der Waals surface area contributed by atoms with Crippen LogP contribution < -0.4 is 9.64 Å². The van der Waals surface area contributed by atoms with Gasteiger partial charge in [-0.05, 0) is 67.5 Å². The van der Waals surface area contributed by atoms with Gasteiger partial charge >= 0.3 is 12.2 Å². The van der Waals surface area contributed by atoms with Crippen LogP contribution in [0.3, 0.4) is 0 Å². The number of methoxy groups -OCH3 is 1. The average molecular weight is 576 g/mol. The van der Waals surface area contributed by atoms with Gasteiger partial charge in [0.05, 0.1) is 31.3 Å². The third kappa shape index (κ3) is 6.01. The summed E-state index contributed by atoms with van der Waals surface area (Å²) in [6.45, 7) is 1.70. The van der Waals surface area contributed by atoms with E-state index in [1.165, 1.54) is 31.4 Å². The summed E-state index contributed by atoms with van der Waals surface area (Å²) < 4.78 is 52.1. The lowest BCUT2D eigenvalue weighted by Crippen LogP contribution is -2.50. The predicted octanol–water partition coefficient (Wildman–Crippen LogP) is 4.91. The lowest BCUT2D eigenvalue weighted by atomic mass is 9.67. The summed E-state index contributed by atoms with van der Waals surface area (Å²) in [7, 11) is 3.25. The fourth-order valence-electron chi connectivity index (χ4n) is 6.20. The summed E-state index contributed by atoms with van der Waals surface area (Å²) in [6, 6.07) is 12.3. The molecule has 2 heterocycles. The molecule has 3 amide bonds. The summed E-state index contributed by atoms with van der Waals surface area (Å²) >= 11 is 0. The number of hydrogen-bond donors (Lipinski definition) is 1. The van der Waals surface area contributed by atoms with E-state index in [0.717, 1.165) is 0 Å². The van der Waals surface area contributed by atoms with E-state index in [2.05, 4.69) is 0 Å². The molecule has 1 saturated carbocycles. The normalized spacial score (nSPS) is 25.9. The Morgan fingerprint density at radius 2 is 1.59 bits per heavy atom. The van der Waals surface area contributed by atoms with Gasteiger partial charge in [-0.2, -0.15) is 13.2 Å². The van der Waals surface area contributed by atoms with Gasteiger partial charge in [0.25, 0.3) is 0 Å².